The molecule has 0 aromatic heterocycles. The van der Waals surface area contributed by atoms with E-state index in [1.165, 1.54) is 54.6 Å². The number of benzene rings is 3. The van der Waals surface area contributed by atoms with Gasteiger partial charge in [-0.1, -0.05) is 11.6 Å². The van der Waals surface area contributed by atoms with Crippen LogP contribution in [0.1, 0.15) is 17.3 Å². The third kappa shape index (κ3) is 7.20. The number of carbonyl (C=O) groups is 2. The lowest BCUT2D eigenvalue weighted by molar-refractivity contribution is -0.110. The fraction of sp³-hybridized carbons (Fsp3) is 0.0833. The number of nitriles is 1. The van der Waals surface area contributed by atoms with Gasteiger partial charge in [0.1, 0.15) is 16.7 Å². The van der Waals surface area contributed by atoms with Crippen molar-refractivity contribution < 1.29 is 27.9 Å². The highest BCUT2D eigenvalue weighted by Crippen LogP contribution is 2.27. The van der Waals surface area contributed by atoms with Gasteiger partial charge in [-0.05, 0) is 73.7 Å². The number of aromatic carboxylic acids is 1. The fourth-order valence-corrected chi connectivity index (χ4v) is 4.49. The Hall–Kier alpha value is -4.60. The quantitative estimate of drug-likeness (QED) is 0.219. The van der Waals surface area contributed by atoms with Crippen molar-refractivity contribution in [1.82, 2.24) is 0 Å². The van der Waals surface area contributed by atoms with Crippen LogP contribution in [0.5, 0.6) is 5.75 Å². The average Bonchev–Trinajstić information content (AvgIpc) is 2.86. The van der Waals surface area contributed by atoms with Gasteiger partial charge >= 0.3 is 5.97 Å². The van der Waals surface area contributed by atoms with Crippen molar-refractivity contribution in [3.63, 3.8) is 0 Å². The molecule has 3 rings (SSSR count). The van der Waals surface area contributed by atoms with Crippen molar-refractivity contribution in [2.45, 2.75) is 11.8 Å². The molecule has 0 saturated heterocycles. The van der Waals surface area contributed by atoms with Gasteiger partial charge in [0.2, 0.25) is 5.71 Å². The minimum atomic E-state index is -4.10. The maximum Gasteiger partial charge on any atom is 0.335 e. The monoisotopic (exact) mass is 541 g/mol. The van der Waals surface area contributed by atoms with Crippen LogP contribution in [0.15, 0.2) is 76.7 Å². The van der Waals surface area contributed by atoms with Crippen LogP contribution in [0.4, 0.5) is 17.1 Å². The van der Waals surface area contributed by atoms with E-state index < -0.39 is 27.6 Å². The average molecular weight is 542 g/mol. The third-order valence-corrected chi connectivity index (χ3v) is 6.51. The molecule has 0 aliphatic rings. The molecule has 0 fully saturated rings. The van der Waals surface area contributed by atoms with Gasteiger partial charge in [0.25, 0.3) is 15.9 Å². The summed E-state index contributed by atoms with van der Waals surface area (Å²) in [6.45, 7) is 2.30. The van der Waals surface area contributed by atoms with Crippen molar-refractivity contribution in [2.75, 3.05) is 22.1 Å². The molecule has 0 heterocycles. The van der Waals surface area contributed by atoms with E-state index in [1.807, 2.05) is 6.92 Å². The van der Waals surface area contributed by atoms with E-state index in [0.29, 0.717) is 12.4 Å². The molecule has 3 aromatic rings. The summed E-state index contributed by atoms with van der Waals surface area (Å²) in [7, 11) is -4.10. The molecule has 190 valence electrons. The first kappa shape index (κ1) is 27.0. The van der Waals surface area contributed by atoms with Gasteiger partial charge in [-0.25, -0.2) is 13.2 Å². The molecule has 3 aromatic carbocycles. The molecule has 37 heavy (non-hydrogen) atoms. The number of anilines is 3. The summed E-state index contributed by atoms with van der Waals surface area (Å²) in [4.78, 5) is 23.0. The summed E-state index contributed by atoms with van der Waals surface area (Å²) in [6, 6.07) is 17.2. The van der Waals surface area contributed by atoms with Crippen molar-refractivity contribution in [3.05, 3.63) is 77.3 Å². The molecule has 0 saturated carbocycles. The molecule has 1 amide bonds. The molecule has 0 aliphatic heterocycles. The molecule has 0 atom stereocenters. The van der Waals surface area contributed by atoms with E-state index in [-0.39, 0.29) is 32.5 Å². The first-order valence-corrected chi connectivity index (χ1v) is 12.4. The predicted octanol–water partition coefficient (Wildman–Crippen LogP) is 4.17. The topological polar surface area (TPSA) is 170 Å². The zero-order valence-corrected chi connectivity index (χ0v) is 20.8. The van der Waals surface area contributed by atoms with Crippen molar-refractivity contribution in [3.8, 4) is 11.8 Å². The smallest absolute Gasteiger partial charge is 0.335 e. The summed E-state index contributed by atoms with van der Waals surface area (Å²) in [5.41, 5.74) is 2.61. The zero-order chi connectivity index (χ0) is 27.0. The predicted molar refractivity (Wildman–Crippen MR) is 139 cm³/mol. The molecule has 11 nitrogen and oxygen atoms in total. The first-order chi connectivity index (χ1) is 17.6. The highest BCUT2D eigenvalue weighted by atomic mass is 35.5. The van der Waals surface area contributed by atoms with Crippen LogP contribution >= 0.6 is 11.6 Å². The van der Waals surface area contributed by atoms with E-state index >= 15 is 0 Å². The Morgan fingerprint density at radius 2 is 1.65 bits per heavy atom. The van der Waals surface area contributed by atoms with Gasteiger partial charge in [0.15, 0.2) is 0 Å². The lowest BCUT2D eigenvalue weighted by Crippen LogP contribution is -2.22. The lowest BCUT2D eigenvalue weighted by atomic mass is 10.2. The van der Waals surface area contributed by atoms with Gasteiger partial charge in [0.05, 0.1) is 22.9 Å². The van der Waals surface area contributed by atoms with Crippen LogP contribution < -0.4 is 20.2 Å². The van der Waals surface area contributed by atoms with E-state index in [0.717, 1.165) is 0 Å². The Morgan fingerprint density at radius 1 is 1.03 bits per heavy atom. The number of halogens is 1. The first-order valence-electron chi connectivity index (χ1n) is 10.6. The van der Waals surface area contributed by atoms with Crippen LogP contribution in [0.25, 0.3) is 0 Å². The summed E-state index contributed by atoms with van der Waals surface area (Å²) in [5, 5.41) is 24.4. The maximum atomic E-state index is 12.9. The number of carboxylic acid groups (broad SMARTS) is 1. The number of hydrazone groups is 1. The second kappa shape index (κ2) is 11.9. The number of hydrogen-bond donors (Lipinski definition) is 4. The van der Waals surface area contributed by atoms with Crippen LogP contribution in [-0.4, -0.2) is 37.7 Å². The number of nitrogens with zero attached hydrogens (tertiary/aromatic N) is 2. The minimum Gasteiger partial charge on any atom is -0.494 e. The van der Waals surface area contributed by atoms with Crippen molar-refractivity contribution in [2.24, 2.45) is 5.10 Å². The Kier molecular flexibility index (Phi) is 8.68. The van der Waals surface area contributed by atoms with Crippen LogP contribution in [-0.2, 0) is 14.8 Å². The molecule has 0 radical (unpaired) electrons. The number of hydrogen-bond acceptors (Lipinski definition) is 8. The number of nitrogens with one attached hydrogen (secondary N) is 3. The molecule has 0 aliphatic carbocycles. The molecule has 0 bridgehead atoms. The zero-order valence-electron chi connectivity index (χ0n) is 19.2. The van der Waals surface area contributed by atoms with Crippen LogP contribution in [0, 0.1) is 11.3 Å². The van der Waals surface area contributed by atoms with E-state index in [1.54, 1.807) is 18.2 Å². The molecule has 0 unspecified atom stereocenters. The van der Waals surface area contributed by atoms with E-state index in [4.69, 9.17) is 21.4 Å². The number of rotatable bonds is 10. The molecule has 13 heteroatoms. The highest BCUT2D eigenvalue weighted by Gasteiger charge is 2.19. The second-order valence-corrected chi connectivity index (χ2v) is 9.29. The summed E-state index contributed by atoms with van der Waals surface area (Å²) in [6.07, 6.45) is 0. The normalized spacial score (nSPS) is 11.2. The number of sulfonamides is 1. The largest absolute Gasteiger partial charge is 0.494 e. The standard InChI is InChI=1S/C24H20ClN5O6S/c1-2-36-19-10-7-17(8-11-19)30-37(34,35)22-13-18(9-12-20(22)25)28-29-21(14-26)23(31)27-16-5-3-15(4-6-16)24(32)33/h3-13,28,30H,2H2,1H3,(H,27,31)(H,32,33). The fourth-order valence-electron chi connectivity index (χ4n) is 2.91. The van der Waals surface area contributed by atoms with E-state index in [9.17, 15) is 23.3 Å². The maximum absolute atomic E-state index is 12.9. The summed E-state index contributed by atoms with van der Waals surface area (Å²) in [5.74, 6) is -1.40. The van der Waals surface area contributed by atoms with Crippen LogP contribution in [0.3, 0.4) is 0 Å². The Morgan fingerprint density at radius 3 is 2.24 bits per heavy atom. The summed E-state index contributed by atoms with van der Waals surface area (Å²) >= 11 is 6.12. The van der Waals surface area contributed by atoms with Gasteiger partial charge in [-0.2, -0.15) is 10.4 Å². The van der Waals surface area contributed by atoms with Crippen molar-refractivity contribution >= 4 is 56.3 Å². The molecular formula is C24H20ClN5O6S. The summed E-state index contributed by atoms with van der Waals surface area (Å²) < 4.78 is 33.6. The number of ether oxygens (including phenoxy) is 1. The molecular weight excluding hydrogens is 522 g/mol. The van der Waals surface area contributed by atoms with Crippen LogP contribution in [0.2, 0.25) is 5.02 Å². The Labute approximate surface area is 217 Å². The van der Waals surface area contributed by atoms with Gasteiger partial charge in [-0.15, -0.1) is 0 Å². The number of carboxylic acids is 1. The Balaban J connectivity index is 1.74. The lowest BCUT2D eigenvalue weighted by Gasteiger charge is -2.12. The minimum absolute atomic E-state index is 0.0272. The Bertz CT molecular complexity index is 1480. The van der Waals surface area contributed by atoms with Gasteiger partial charge < -0.3 is 15.2 Å². The van der Waals surface area contributed by atoms with Gasteiger partial charge in [-0.3, -0.25) is 14.9 Å². The van der Waals surface area contributed by atoms with Gasteiger partial charge in [0, 0.05) is 11.4 Å². The molecule has 0 spiro atoms. The van der Waals surface area contributed by atoms with Crippen molar-refractivity contribution in [1.29, 1.82) is 5.26 Å². The second-order valence-electron chi connectivity index (χ2n) is 7.23. The number of carbonyl (C=O) groups excluding carboxylic acids is 1. The highest BCUT2D eigenvalue weighted by molar-refractivity contribution is 7.92. The number of amides is 1. The third-order valence-electron chi connectivity index (χ3n) is 4.65. The SMILES string of the molecule is CCOc1ccc(NS(=O)(=O)c2cc(NN=C(C#N)C(=O)Nc3ccc(C(=O)O)cc3)ccc2Cl)cc1. The van der Waals surface area contributed by atoms with E-state index in [2.05, 4.69) is 20.6 Å². The molecule has 4 N–H and O–H groups in total.